The molecule has 15 heavy (non-hydrogen) atoms. The van der Waals surface area contributed by atoms with Gasteiger partial charge in [-0.15, -0.1) is 0 Å². The van der Waals surface area contributed by atoms with Gasteiger partial charge < -0.3 is 4.74 Å². The predicted molar refractivity (Wildman–Crippen MR) is 57.3 cm³/mol. The van der Waals surface area contributed by atoms with Crippen molar-refractivity contribution in [2.24, 2.45) is 17.8 Å². The van der Waals surface area contributed by atoms with Crippen molar-refractivity contribution < 1.29 is 14.3 Å². The fourth-order valence-corrected chi connectivity index (χ4v) is 2.39. The maximum atomic E-state index is 11.6. The molecule has 0 saturated carbocycles. The lowest BCUT2D eigenvalue weighted by Gasteiger charge is -2.35. The third-order valence-corrected chi connectivity index (χ3v) is 3.54. The van der Waals surface area contributed by atoms with E-state index >= 15 is 0 Å². The highest BCUT2D eigenvalue weighted by molar-refractivity contribution is 5.99. The molecule has 0 aliphatic carbocycles. The van der Waals surface area contributed by atoms with E-state index in [9.17, 15) is 9.59 Å². The van der Waals surface area contributed by atoms with Gasteiger partial charge in [0.05, 0.1) is 0 Å². The molecule has 0 spiro atoms. The molecule has 0 radical (unpaired) electrons. The molecule has 3 nitrogen and oxygen atoms in total. The molecule has 1 saturated heterocycles. The molecule has 1 fully saturated rings. The third-order valence-electron chi connectivity index (χ3n) is 3.54. The van der Waals surface area contributed by atoms with Crippen molar-refractivity contribution in [3.8, 4) is 0 Å². The summed E-state index contributed by atoms with van der Waals surface area (Å²) in [4.78, 5) is 22.9. The molecule has 0 aromatic carbocycles. The first-order valence-electron chi connectivity index (χ1n) is 5.54. The lowest BCUT2D eigenvalue weighted by molar-refractivity contribution is -0.158. The Labute approximate surface area is 91.2 Å². The molecule has 3 heteroatoms. The van der Waals surface area contributed by atoms with Crippen molar-refractivity contribution in [2.45, 2.75) is 46.6 Å². The smallest absolute Gasteiger partial charge is 0.317 e. The summed E-state index contributed by atoms with van der Waals surface area (Å²) < 4.78 is 5.49. The first kappa shape index (κ1) is 12.2. The van der Waals surface area contributed by atoms with Crippen LogP contribution in [0.1, 0.15) is 41.0 Å². The molecule has 1 heterocycles. The number of carbonyl (C=O) groups excluding carboxylic acids is 2. The molecule has 0 aromatic heterocycles. The quantitative estimate of drug-likeness (QED) is 0.532. The fourth-order valence-electron chi connectivity index (χ4n) is 2.39. The second-order valence-corrected chi connectivity index (χ2v) is 5.05. The summed E-state index contributed by atoms with van der Waals surface area (Å²) in [5.41, 5.74) is -0.451. The molecule has 0 N–H and O–H groups in total. The molecule has 1 aliphatic heterocycles. The van der Waals surface area contributed by atoms with Gasteiger partial charge >= 0.3 is 5.97 Å². The third kappa shape index (κ3) is 1.92. The van der Waals surface area contributed by atoms with Crippen molar-refractivity contribution in [2.75, 3.05) is 0 Å². The number of hydrogen-bond donors (Lipinski definition) is 0. The van der Waals surface area contributed by atoms with E-state index in [1.165, 1.54) is 6.92 Å². The lowest BCUT2D eigenvalue weighted by atomic mass is 9.76. The van der Waals surface area contributed by atoms with Gasteiger partial charge in [-0.3, -0.25) is 9.59 Å². The molecule has 0 aromatic rings. The second kappa shape index (κ2) is 3.95. The number of cyclic esters (lactones) is 1. The highest BCUT2D eigenvalue weighted by atomic mass is 16.6. The van der Waals surface area contributed by atoms with Crippen molar-refractivity contribution in [3.63, 3.8) is 0 Å². The Balaban J connectivity index is 2.98. The minimum absolute atomic E-state index is 0.0804. The van der Waals surface area contributed by atoms with Crippen LogP contribution in [0, 0.1) is 17.8 Å². The largest absolute Gasteiger partial charge is 0.458 e. The summed E-state index contributed by atoms with van der Waals surface area (Å²) in [7, 11) is 0. The Morgan fingerprint density at radius 2 is 1.80 bits per heavy atom. The average molecular weight is 212 g/mol. The zero-order valence-corrected chi connectivity index (χ0v) is 10.2. The van der Waals surface area contributed by atoms with E-state index in [2.05, 4.69) is 0 Å². The van der Waals surface area contributed by atoms with Crippen LogP contribution in [-0.2, 0) is 14.3 Å². The molecule has 0 bridgehead atoms. The van der Waals surface area contributed by atoms with Crippen LogP contribution in [0.25, 0.3) is 0 Å². The van der Waals surface area contributed by atoms with Gasteiger partial charge in [-0.1, -0.05) is 27.7 Å². The van der Waals surface area contributed by atoms with Gasteiger partial charge in [-0.05, 0) is 18.8 Å². The van der Waals surface area contributed by atoms with Crippen LogP contribution in [0.3, 0.4) is 0 Å². The summed E-state index contributed by atoms with van der Waals surface area (Å²) in [6.45, 7) is 9.61. The molecule has 0 amide bonds. The van der Waals surface area contributed by atoms with Crippen molar-refractivity contribution in [1.29, 1.82) is 0 Å². The highest BCUT2D eigenvalue weighted by Gasteiger charge is 2.52. The van der Waals surface area contributed by atoms with Crippen molar-refractivity contribution in [1.82, 2.24) is 0 Å². The van der Waals surface area contributed by atoms with Crippen molar-refractivity contribution in [3.05, 3.63) is 0 Å². The normalized spacial score (nSPS) is 24.7. The predicted octanol–water partition coefficient (Wildman–Crippen LogP) is 2.19. The first-order valence-corrected chi connectivity index (χ1v) is 5.54. The SMILES string of the molecule is CC(=O)C1CC(C(C)C)(C(C)C)OC1=O. The van der Waals surface area contributed by atoms with E-state index < -0.39 is 11.5 Å². The Morgan fingerprint density at radius 3 is 2.00 bits per heavy atom. The Bertz CT molecular complexity index is 271. The lowest BCUT2D eigenvalue weighted by Crippen LogP contribution is -2.40. The maximum absolute atomic E-state index is 11.6. The molecule has 86 valence electrons. The maximum Gasteiger partial charge on any atom is 0.317 e. The summed E-state index contributed by atoms with van der Waals surface area (Å²) in [6.07, 6.45) is 0.538. The minimum Gasteiger partial charge on any atom is -0.458 e. The topological polar surface area (TPSA) is 43.4 Å². The van der Waals surface area contributed by atoms with E-state index in [0.29, 0.717) is 6.42 Å². The van der Waals surface area contributed by atoms with Crippen LogP contribution in [0.5, 0.6) is 0 Å². The van der Waals surface area contributed by atoms with Crippen LogP contribution < -0.4 is 0 Å². The van der Waals surface area contributed by atoms with Gasteiger partial charge in [0.1, 0.15) is 17.3 Å². The number of ether oxygens (including phenoxy) is 1. The number of Topliss-reactive ketones (excluding diaryl/α,β-unsaturated/α-hetero) is 1. The molecular formula is C12H20O3. The Morgan fingerprint density at radius 1 is 1.33 bits per heavy atom. The van der Waals surface area contributed by atoms with Crippen LogP contribution in [0.2, 0.25) is 0 Å². The van der Waals surface area contributed by atoms with Gasteiger partial charge in [0, 0.05) is 6.42 Å². The number of rotatable bonds is 3. The first-order chi connectivity index (χ1) is 6.81. The van der Waals surface area contributed by atoms with Crippen LogP contribution in [0.15, 0.2) is 0 Å². The monoisotopic (exact) mass is 212 g/mol. The summed E-state index contributed by atoms with van der Waals surface area (Å²) in [5, 5.41) is 0. The number of ketones is 1. The summed E-state index contributed by atoms with van der Waals surface area (Å²) >= 11 is 0. The van der Waals surface area contributed by atoms with E-state index in [4.69, 9.17) is 4.74 Å². The van der Waals surface area contributed by atoms with Gasteiger partial charge in [-0.25, -0.2) is 0 Å². The van der Waals surface area contributed by atoms with Crippen molar-refractivity contribution >= 4 is 11.8 Å². The molecular weight excluding hydrogens is 192 g/mol. The number of esters is 1. The van der Waals surface area contributed by atoms with E-state index in [-0.39, 0.29) is 23.6 Å². The average Bonchev–Trinajstić information content (AvgIpc) is 2.44. The van der Waals surface area contributed by atoms with Crippen LogP contribution in [-0.4, -0.2) is 17.4 Å². The molecule has 1 aliphatic rings. The van der Waals surface area contributed by atoms with Gasteiger partial charge in [0.2, 0.25) is 0 Å². The summed E-state index contributed by atoms with van der Waals surface area (Å²) in [5.74, 6) is -0.487. The molecule has 1 rings (SSSR count). The standard InChI is InChI=1S/C12H20O3/c1-7(2)12(8(3)4)6-10(9(5)13)11(14)15-12/h7-8,10H,6H2,1-5H3. The van der Waals surface area contributed by atoms with E-state index in [0.717, 1.165) is 0 Å². The summed E-state index contributed by atoms with van der Waals surface area (Å²) in [6, 6.07) is 0. The van der Waals surface area contributed by atoms with Gasteiger partial charge in [-0.2, -0.15) is 0 Å². The minimum atomic E-state index is -0.546. The fraction of sp³-hybridized carbons (Fsp3) is 0.833. The van der Waals surface area contributed by atoms with E-state index in [1.807, 2.05) is 27.7 Å². The van der Waals surface area contributed by atoms with Crippen LogP contribution >= 0.6 is 0 Å². The van der Waals surface area contributed by atoms with Gasteiger partial charge in [0.25, 0.3) is 0 Å². The molecule has 1 unspecified atom stereocenters. The zero-order chi connectivity index (χ0) is 11.8. The highest BCUT2D eigenvalue weighted by Crippen LogP contribution is 2.42. The number of hydrogen-bond acceptors (Lipinski definition) is 3. The van der Waals surface area contributed by atoms with Crippen LogP contribution in [0.4, 0.5) is 0 Å². The second-order valence-electron chi connectivity index (χ2n) is 5.05. The Kier molecular flexibility index (Phi) is 3.22. The Hall–Kier alpha value is -0.860. The zero-order valence-electron chi connectivity index (χ0n) is 10.2. The van der Waals surface area contributed by atoms with E-state index in [1.54, 1.807) is 0 Å². The van der Waals surface area contributed by atoms with Gasteiger partial charge in [0.15, 0.2) is 0 Å². The number of carbonyl (C=O) groups is 2. The molecule has 1 atom stereocenters.